The van der Waals surface area contributed by atoms with Gasteiger partial charge in [-0.25, -0.2) is 9.79 Å². The lowest BCUT2D eigenvalue weighted by molar-refractivity contribution is -0.127. The minimum Gasteiger partial charge on any atom is -0.450 e. The number of carbonyl (C=O) groups is 2. The van der Waals surface area contributed by atoms with Gasteiger partial charge in [0.1, 0.15) is 6.54 Å². The van der Waals surface area contributed by atoms with E-state index >= 15 is 0 Å². The zero-order chi connectivity index (χ0) is 22.0. The summed E-state index contributed by atoms with van der Waals surface area (Å²) in [5.41, 5.74) is 0.262. The SMILES string of the molecule is CCOC(=O)N1CCC(NC(=NCC(=O)N(C)C)NCC2(C)CCCCCC2)CC1.I. The lowest BCUT2D eigenvalue weighted by Crippen LogP contribution is -2.51. The molecule has 2 N–H and O–H groups in total. The van der Waals surface area contributed by atoms with Crippen LogP contribution in [0.1, 0.15) is 65.2 Å². The van der Waals surface area contributed by atoms with Gasteiger partial charge in [0.05, 0.1) is 6.61 Å². The van der Waals surface area contributed by atoms with Gasteiger partial charge in [-0.3, -0.25) is 4.79 Å². The van der Waals surface area contributed by atoms with E-state index in [0.717, 1.165) is 19.4 Å². The van der Waals surface area contributed by atoms with Gasteiger partial charge in [-0.2, -0.15) is 0 Å². The van der Waals surface area contributed by atoms with Crippen molar-refractivity contribution >= 4 is 41.9 Å². The number of rotatable bonds is 6. The van der Waals surface area contributed by atoms with E-state index in [1.54, 1.807) is 23.9 Å². The van der Waals surface area contributed by atoms with Gasteiger partial charge in [0.25, 0.3) is 0 Å². The number of likely N-dealkylation sites (tertiary alicyclic amines) is 1. The molecule has 1 saturated carbocycles. The fourth-order valence-electron chi connectivity index (χ4n) is 4.11. The molecule has 0 unspecified atom stereocenters. The summed E-state index contributed by atoms with van der Waals surface area (Å²) < 4.78 is 5.10. The van der Waals surface area contributed by atoms with Crippen LogP contribution >= 0.6 is 24.0 Å². The van der Waals surface area contributed by atoms with Crippen molar-refractivity contribution in [2.45, 2.75) is 71.3 Å². The number of guanidine groups is 1. The van der Waals surface area contributed by atoms with Gasteiger partial charge in [-0.15, -0.1) is 24.0 Å². The van der Waals surface area contributed by atoms with E-state index in [4.69, 9.17) is 4.74 Å². The van der Waals surface area contributed by atoms with Crippen molar-refractivity contribution in [3.05, 3.63) is 0 Å². The Morgan fingerprint density at radius 1 is 1.13 bits per heavy atom. The van der Waals surface area contributed by atoms with E-state index in [1.165, 1.54) is 38.5 Å². The lowest BCUT2D eigenvalue weighted by Gasteiger charge is -2.34. The summed E-state index contributed by atoms with van der Waals surface area (Å²) in [6.45, 7) is 6.89. The third-order valence-corrected chi connectivity index (χ3v) is 6.23. The van der Waals surface area contributed by atoms with Crippen LogP contribution in [0, 0.1) is 5.41 Å². The third-order valence-electron chi connectivity index (χ3n) is 6.23. The van der Waals surface area contributed by atoms with Gasteiger partial charge >= 0.3 is 6.09 Å². The molecule has 2 amide bonds. The van der Waals surface area contributed by atoms with Gasteiger partial charge in [0, 0.05) is 39.8 Å². The van der Waals surface area contributed by atoms with Crippen LogP contribution in [0.3, 0.4) is 0 Å². The number of hydrogen-bond acceptors (Lipinski definition) is 4. The Labute approximate surface area is 204 Å². The quantitative estimate of drug-likeness (QED) is 0.229. The molecule has 1 aliphatic heterocycles. The van der Waals surface area contributed by atoms with E-state index in [9.17, 15) is 9.59 Å². The van der Waals surface area contributed by atoms with Crippen molar-refractivity contribution in [3.63, 3.8) is 0 Å². The second kappa shape index (κ2) is 14.0. The van der Waals surface area contributed by atoms with Crippen molar-refractivity contribution in [3.8, 4) is 0 Å². The minimum atomic E-state index is -0.235. The number of nitrogens with zero attached hydrogens (tertiary/aromatic N) is 3. The fourth-order valence-corrected chi connectivity index (χ4v) is 4.11. The molecule has 1 heterocycles. The Balaban J connectivity index is 0.00000480. The summed E-state index contributed by atoms with van der Waals surface area (Å²) in [7, 11) is 3.49. The van der Waals surface area contributed by atoms with E-state index in [-0.39, 0.29) is 54.0 Å². The number of hydrogen-bond donors (Lipinski definition) is 2. The Kier molecular flexibility index (Phi) is 12.5. The van der Waals surface area contributed by atoms with Crippen LogP contribution in [0.2, 0.25) is 0 Å². The van der Waals surface area contributed by atoms with Gasteiger partial charge < -0.3 is 25.2 Å². The van der Waals surface area contributed by atoms with Gasteiger partial charge in [-0.05, 0) is 38.0 Å². The molecule has 2 aliphatic rings. The number of piperidine rings is 1. The van der Waals surface area contributed by atoms with Gasteiger partial charge in [-0.1, -0.05) is 32.6 Å². The van der Waals surface area contributed by atoms with Gasteiger partial charge in [0.2, 0.25) is 5.91 Å². The summed E-state index contributed by atoms with van der Waals surface area (Å²) in [5, 5.41) is 7.02. The highest BCUT2D eigenvalue weighted by Gasteiger charge is 2.27. The van der Waals surface area contributed by atoms with E-state index in [0.29, 0.717) is 25.7 Å². The first-order valence-corrected chi connectivity index (χ1v) is 11.5. The largest absolute Gasteiger partial charge is 0.450 e. The molecule has 180 valence electrons. The Bertz CT molecular complexity index is 584. The van der Waals surface area contributed by atoms with Crippen molar-refractivity contribution in [1.29, 1.82) is 0 Å². The molecule has 2 fully saturated rings. The first-order valence-electron chi connectivity index (χ1n) is 11.5. The first kappa shape index (κ1) is 27.8. The number of ether oxygens (including phenoxy) is 1. The maximum atomic E-state index is 12.0. The van der Waals surface area contributed by atoms with Crippen LogP contribution in [0.5, 0.6) is 0 Å². The average molecular weight is 552 g/mol. The van der Waals surface area contributed by atoms with Crippen LogP contribution in [0.15, 0.2) is 4.99 Å². The molecule has 0 radical (unpaired) electrons. The standard InChI is InChI=1S/C22H41N5O3.HI/c1-5-30-21(29)27-14-10-18(11-15-27)25-20(23-16-19(28)26(3)4)24-17-22(2)12-8-6-7-9-13-22;/h18H,5-17H2,1-4H3,(H2,23,24,25);1H. The molecule has 0 aromatic carbocycles. The molecule has 8 nitrogen and oxygen atoms in total. The molecule has 0 aromatic heterocycles. The number of likely N-dealkylation sites (N-methyl/N-ethyl adjacent to an activating group) is 1. The molecular weight excluding hydrogens is 509 g/mol. The number of amides is 2. The molecule has 1 aliphatic carbocycles. The summed E-state index contributed by atoms with van der Waals surface area (Å²) in [4.78, 5) is 31.8. The lowest BCUT2D eigenvalue weighted by atomic mass is 9.82. The normalized spacial score (nSPS) is 19.6. The summed E-state index contributed by atoms with van der Waals surface area (Å²) >= 11 is 0. The molecule has 1 saturated heterocycles. The van der Waals surface area contributed by atoms with Crippen LogP contribution in [-0.4, -0.2) is 80.7 Å². The maximum Gasteiger partial charge on any atom is 0.409 e. The van der Waals surface area contributed by atoms with Crippen LogP contribution in [0.4, 0.5) is 4.79 Å². The van der Waals surface area contributed by atoms with E-state index in [1.807, 2.05) is 6.92 Å². The van der Waals surface area contributed by atoms with Crippen LogP contribution < -0.4 is 10.6 Å². The number of nitrogens with one attached hydrogen (secondary N) is 2. The second-order valence-corrected chi connectivity index (χ2v) is 9.14. The zero-order valence-corrected chi connectivity index (χ0v) is 22.1. The number of halogens is 1. The highest BCUT2D eigenvalue weighted by molar-refractivity contribution is 14.0. The summed E-state index contributed by atoms with van der Waals surface area (Å²) in [6, 6.07) is 0.221. The van der Waals surface area contributed by atoms with Crippen molar-refractivity contribution in [2.24, 2.45) is 10.4 Å². The molecule has 31 heavy (non-hydrogen) atoms. The van der Waals surface area contributed by atoms with E-state index in [2.05, 4.69) is 22.5 Å². The van der Waals surface area contributed by atoms with Crippen molar-refractivity contribution in [2.75, 3.05) is 46.9 Å². The molecular formula is C22H42IN5O3. The number of carbonyl (C=O) groups excluding carboxylic acids is 2. The predicted octanol–water partition coefficient (Wildman–Crippen LogP) is 3.21. The molecule has 9 heteroatoms. The average Bonchev–Trinajstić information content (AvgIpc) is 2.95. The number of aliphatic imine (C=N–C) groups is 1. The molecule has 0 atom stereocenters. The predicted molar refractivity (Wildman–Crippen MR) is 135 cm³/mol. The van der Waals surface area contributed by atoms with Crippen molar-refractivity contribution < 1.29 is 14.3 Å². The van der Waals surface area contributed by atoms with Gasteiger partial charge in [0.15, 0.2) is 5.96 Å². The first-order chi connectivity index (χ1) is 14.3. The summed E-state index contributed by atoms with van der Waals surface area (Å²) in [5.74, 6) is 0.680. The maximum absolute atomic E-state index is 12.0. The fraction of sp³-hybridized carbons (Fsp3) is 0.864. The second-order valence-electron chi connectivity index (χ2n) is 9.14. The van der Waals surface area contributed by atoms with E-state index < -0.39 is 0 Å². The third kappa shape index (κ3) is 9.82. The highest BCUT2D eigenvalue weighted by Crippen LogP contribution is 2.33. The Morgan fingerprint density at radius 3 is 2.29 bits per heavy atom. The molecule has 0 spiro atoms. The molecule has 0 bridgehead atoms. The Hall–Kier alpha value is -1.26. The molecule has 2 rings (SSSR count). The monoisotopic (exact) mass is 551 g/mol. The minimum absolute atomic E-state index is 0. The highest BCUT2D eigenvalue weighted by atomic mass is 127. The smallest absolute Gasteiger partial charge is 0.409 e. The Morgan fingerprint density at radius 2 is 1.74 bits per heavy atom. The summed E-state index contributed by atoms with van der Waals surface area (Å²) in [6.07, 6.45) is 9.09. The van der Waals surface area contributed by atoms with Crippen LogP contribution in [0.25, 0.3) is 0 Å². The van der Waals surface area contributed by atoms with Crippen LogP contribution in [-0.2, 0) is 9.53 Å². The zero-order valence-electron chi connectivity index (χ0n) is 19.7. The van der Waals surface area contributed by atoms with Crippen molar-refractivity contribution in [1.82, 2.24) is 20.4 Å². The topological polar surface area (TPSA) is 86.3 Å². The molecule has 0 aromatic rings.